The van der Waals surface area contributed by atoms with Crippen LogP contribution in [0.2, 0.25) is 0 Å². The zero-order chi connectivity index (χ0) is 17.8. The average Bonchev–Trinajstić information content (AvgIpc) is 3.17. The van der Waals surface area contributed by atoms with Crippen LogP contribution in [0, 0.1) is 0 Å². The molecule has 0 aliphatic carbocycles. The van der Waals surface area contributed by atoms with Crippen molar-refractivity contribution in [3.63, 3.8) is 0 Å². The Kier molecular flexibility index (Phi) is 5.65. The van der Waals surface area contributed by atoms with Gasteiger partial charge in [0.05, 0.1) is 12.2 Å². The van der Waals surface area contributed by atoms with E-state index in [1.807, 2.05) is 32.4 Å². The predicted octanol–water partition coefficient (Wildman–Crippen LogP) is 2.04. The van der Waals surface area contributed by atoms with Gasteiger partial charge in [0, 0.05) is 37.8 Å². The monoisotopic (exact) mass is 344 g/mol. The maximum Gasteiger partial charge on any atom is 0.153 e. The van der Waals surface area contributed by atoms with Crippen LogP contribution in [0.3, 0.4) is 0 Å². The quantitative estimate of drug-likeness (QED) is 0.829. The molecule has 2 aromatic rings. The Morgan fingerprint density at radius 2 is 2.24 bits per heavy atom. The Morgan fingerprint density at radius 1 is 1.40 bits per heavy atom. The summed E-state index contributed by atoms with van der Waals surface area (Å²) in [4.78, 5) is 13.4. The van der Waals surface area contributed by atoms with Crippen molar-refractivity contribution in [1.82, 2.24) is 30.0 Å². The SMILES string of the molecule is CC(C)c1n[nH]c(CN2CCC(Oc3ccnc(CN(C)C)c3)C2)n1. The van der Waals surface area contributed by atoms with Crippen LogP contribution in [0.25, 0.3) is 0 Å². The van der Waals surface area contributed by atoms with Crippen LogP contribution in [0.1, 0.15) is 43.5 Å². The lowest BCUT2D eigenvalue weighted by atomic mass is 10.2. The molecule has 1 unspecified atom stereocenters. The van der Waals surface area contributed by atoms with Gasteiger partial charge in [0.25, 0.3) is 0 Å². The van der Waals surface area contributed by atoms with Gasteiger partial charge in [0.15, 0.2) is 5.82 Å². The number of hydrogen-bond donors (Lipinski definition) is 1. The smallest absolute Gasteiger partial charge is 0.153 e. The second-order valence-corrected chi connectivity index (χ2v) is 7.28. The Balaban J connectivity index is 1.52. The van der Waals surface area contributed by atoms with Crippen LogP contribution in [0.5, 0.6) is 5.75 Å². The molecule has 0 spiro atoms. The van der Waals surface area contributed by atoms with Crippen molar-refractivity contribution >= 4 is 0 Å². The molecule has 1 aliphatic heterocycles. The molecule has 0 saturated carbocycles. The van der Waals surface area contributed by atoms with Gasteiger partial charge in [-0.15, -0.1) is 0 Å². The zero-order valence-electron chi connectivity index (χ0n) is 15.6. The molecule has 7 heteroatoms. The highest BCUT2D eigenvalue weighted by Crippen LogP contribution is 2.20. The number of H-pyrrole nitrogens is 1. The zero-order valence-corrected chi connectivity index (χ0v) is 15.6. The molecule has 0 aromatic carbocycles. The molecular weight excluding hydrogens is 316 g/mol. The highest BCUT2D eigenvalue weighted by atomic mass is 16.5. The normalized spacial score (nSPS) is 18.4. The third-order valence-corrected chi connectivity index (χ3v) is 4.24. The fraction of sp³-hybridized carbons (Fsp3) is 0.611. The van der Waals surface area contributed by atoms with E-state index in [1.54, 1.807) is 0 Å². The Bertz CT molecular complexity index is 684. The molecule has 1 atom stereocenters. The van der Waals surface area contributed by atoms with Crippen molar-refractivity contribution in [2.24, 2.45) is 0 Å². The first-order chi connectivity index (χ1) is 12.0. The first kappa shape index (κ1) is 17.8. The molecule has 1 aliphatic rings. The van der Waals surface area contributed by atoms with Gasteiger partial charge in [-0.05, 0) is 26.6 Å². The summed E-state index contributed by atoms with van der Waals surface area (Å²) in [6.07, 6.45) is 3.06. The van der Waals surface area contributed by atoms with E-state index in [2.05, 4.69) is 43.8 Å². The minimum atomic E-state index is 0.210. The summed E-state index contributed by atoms with van der Waals surface area (Å²) in [5.74, 6) is 3.07. The number of pyridine rings is 1. The molecule has 7 nitrogen and oxygen atoms in total. The number of rotatable bonds is 7. The molecule has 1 saturated heterocycles. The predicted molar refractivity (Wildman–Crippen MR) is 96.4 cm³/mol. The number of hydrogen-bond acceptors (Lipinski definition) is 6. The maximum absolute atomic E-state index is 6.16. The third kappa shape index (κ3) is 4.99. The third-order valence-electron chi connectivity index (χ3n) is 4.24. The summed E-state index contributed by atoms with van der Waals surface area (Å²) < 4.78 is 6.16. The van der Waals surface area contributed by atoms with Gasteiger partial charge >= 0.3 is 0 Å². The van der Waals surface area contributed by atoms with Crippen LogP contribution in [-0.4, -0.2) is 63.3 Å². The molecule has 1 fully saturated rings. The Hall–Kier alpha value is -1.99. The molecular formula is C18H28N6O. The van der Waals surface area contributed by atoms with E-state index in [0.29, 0.717) is 5.92 Å². The van der Waals surface area contributed by atoms with Crippen LogP contribution in [0.4, 0.5) is 0 Å². The van der Waals surface area contributed by atoms with E-state index >= 15 is 0 Å². The fourth-order valence-electron chi connectivity index (χ4n) is 3.02. The summed E-state index contributed by atoms with van der Waals surface area (Å²) in [6, 6.07) is 3.97. The first-order valence-corrected chi connectivity index (χ1v) is 8.89. The Morgan fingerprint density at radius 3 is 2.96 bits per heavy atom. The van der Waals surface area contributed by atoms with Crippen molar-refractivity contribution in [3.8, 4) is 5.75 Å². The minimum Gasteiger partial charge on any atom is -0.489 e. The summed E-state index contributed by atoms with van der Waals surface area (Å²) >= 11 is 0. The van der Waals surface area contributed by atoms with Crippen molar-refractivity contribution in [3.05, 3.63) is 35.7 Å². The van der Waals surface area contributed by atoms with Crippen molar-refractivity contribution in [2.45, 2.75) is 45.4 Å². The van der Waals surface area contributed by atoms with Crippen LogP contribution >= 0.6 is 0 Å². The van der Waals surface area contributed by atoms with E-state index in [9.17, 15) is 0 Å². The highest BCUT2D eigenvalue weighted by molar-refractivity contribution is 5.23. The molecule has 25 heavy (non-hydrogen) atoms. The lowest BCUT2D eigenvalue weighted by molar-refractivity contribution is 0.196. The average molecular weight is 344 g/mol. The molecule has 3 heterocycles. The van der Waals surface area contributed by atoms with E-state index in [1.165, 1.54) is 0 Å². The number of aromatic nitrogens is 4. The first-order valence-electron chi connectivity index (χ1n) is 8.89. The van der Waals surface area contributed by atoms with Crippen molar-refractivity contribution < 1.29 is 4.74 Å². The summed E-state index contributed by atoms with van der Waals surface area (Å²) in [5, 5.41) is 7.32. The summed E-state index contributed by atoms with van der Waals surface area (Å²) in [6.45, 7) is 7.73. The van der Waals surface area contributed by atoms with E-state index < -0.39 is 0 Å². The number of aromatic amines is 1. The Labute approximate surface area is 149 Å². The molecule has 2 aromatic heterocycles. The van der Waals surface area contributed by atoms with Crippen molar-refractivity contribution in [1.29, 1.82) is 0 Å². The molecule has 0 amide bonds. The van der Waals surface area contributed by atoms with Gasteiger partial charge < -0.3 is 9.64 Å². The second kappa shape index (κ2) is 7.93. The van der Waals surface area contributed by atoms with Crippen molar-refractivity contribution in [2.75, 3.05) is 27.2 Å². The molecule has 0 radical (unpaired) electrons. The number of nitrogens with one attached hydrogen (secondary N) is 1. The number of nitrogens with zero attached hydrogens (tertiary/aromatic N) is 5. The molecule has 3 rings (SSSR count). The highest BCUT2D eigenvalue weighted by Gasteiger charge is 2.25. The number of ether oxygens (including phenoxy) is 1. The number of likely N-dealkylation sites (tertiary alicyclic amines) is 1. The summed E-state index contributed by atoms with van der Waals surface area (Å²) in [5.41, 5.74) is 1.03. The molecule has 136 valence electrons. The maximum atomic E-state index is 6.16. The lowest BCUT2D eigenvalue weighted by Gasteiger charge is -2.16. The van der Waals surface area contributed by atoms with Gasteiger partial charge in [-0.25, -0.2) is 4.98 Å². The lowest BCUT2D eigenvalue weighted by Crippen LogP contribution is -2.25. The summed E-state index contributed by atoms with van der Waals surface area (Å²) in [7, 11) is 4.08. The standard InChI is InChI=1S/C18H28N6O/c1-13(2)18-20-17(21-22-18)12-24-8-6-16(11-24)25-15-5-7-19-14(9-15)10-23(3)4/h5,7,9,13,16H,6,8,10-12H2,1-4H3,(H,20,21,22). The van der Waals surface area contributed by atoms with Gasteiger partial charge in [-0.2, -0.15) is 5.10 Å². The topological polar surface area (TPSA) is 70.2 Å². The molecule has 0 bridgehead atoms. The van der Waals surface area contributed by atoms with Gasteiger partial charge in [-0.1, -0.05) is 13.8 Å². The van der Waals surface area contributed by atoms with Crippen LogP contribution < -0.4 is 4.74 Å². The van der Waals surface area contributed by atoms with Crippen LogP contribution in [-0.2, 0) is 13.1 Å². The van der Waals surface area contributed by atoms with Crippen LogP contribution in [0.15, 0.2) is 18.3 Å². The second-order valence-electron chi connectivity index (χ2n) is 7.28. The molecule has 1 N–H and O–H groups in total. The van der Waals surface area contributed by atoms with E-state index in [-0.39, 0.29) is 6.10 Å². The van der Waals surface area contributed by atoms with E-state index in [4.69, 9.17) is 4.74 Å². The largest absolute Gasteiger partial charge is 0.489 e. The van der Waals surface area contributed by atoms with Gasteiger partial charge in [0.1, 0.15) is 17.7 Å². The fourth-order valence-corrected chi connectivity index (χ4v) is 3.02. The van der Waals surface area contributed by atoms with E-state index in [0.717, 1.165) is 55.7 Å². The van der Waals surface area contributed by atoms with Gasteiger partial charge in [0.2, 0.25) is 0 Å². The minimum absolute atomic E-state index is 0.210. The van der Waals surface area contributed by atoms with Gasteiger partial charge in [-0.3, -0.25) is 15.0 Å².